The highest BCUT2D eigenvalue weighted by atomic mass is 32.2. The molecule has 0 saturated heterocycles. The predicted molar refractivity (Wildman–Crippen MR) is 113 cm³/mol. The van der Waals surface area contributed by atoms with Crippen LogP contribution in [0, 0.1) is 6.92 Å². The highest BCUT2D eigenvalue weighted by molar-refractivity contribution is 7.92. The molecular weight excluding hydrogens is 412 g/mol. The van der Waals surface area contributed by atoms with Crippen LogP contribution >= 0.6 is 0 Å². The molecule has 0 saturated carbocycles. The molecule has 0 aliphatic rings. The van der Waals surface area contributed by atoms with Gasteiger partial charge >= 0.3 is 5.97 Å². The van der Waals surface area contributed by atoms with E-state index in [-0.39, 0.29) is 11.3 Å². The van der Waals surface area contributed by atoms with Crippen molar-refractivity contribution in [2.45, 2.75) is 6.92 Å². The fraction of sp³-hybridized carbons (Fsp3) is 0.300. The second-order valence-electron chi connectivity index (χ2n) is 6.38. The molecule has 2 aromatic carbocycles. The van der Waals surface area contributed by atoms with Gasteiger partial charge in [-0.1, -0.05) is 6.07 Å². The second-order valence-corrected chi connectivity index (χ2v) is 8.29. The van der Waals surface area contributed by atoms with E-state index >= 15 is 0 Å². The van der Waals surface area contributed by atoms with Gasteiger partial charge in [-0.15, -0.1) is 0 Å². The van der Waals surface area contributed by atoms with Crippen molar-refractivity contribution in [3.63, 3.8) is 0 Å². The number of aryl methyl sites for hydroxylation is 1. The lowest BCUT2D eigenvalue weighted by Crippen LogP contribution is -2.37. The average molecular weight is 436 g/mol. The molecule has 0 radical (unpaired) electrons. The second kappa shape index (κ2) is 9.49. The van der Waals surface area contributed by atoms with E-state index in [0.29, 0.717) is 22.7 Å². The number of hydrogen-bond acceptors (Lipinski definition) is 7. The van der Waals surface area contributed by atoms with Crippen molar-refractivity contribution in [1.29, 1.82) is 0 Å². The van der Waals surface area contributed by atoms with E-state index in [4.69, 9.17) is 9.47 Å². The van der Waals surface area contributed by atoms with Crippen molar-refractivity contribution in [3.8, 4) is 11.5 Å². The Morgan fingerprint density at radius 3 is 2.23 bits per heavy atom. The van der Waals surface area contributed by atoms with Gasteiger partial charge in [-0.3, -0.25) is 9.10 Å². The molecule has 0 heterocycles. The first-order valence-electron chi connectivity index (χ1n) is 8.79. The zero-order valence-electron chi connectivity index (χ0n) is 17.4. The molecule has 0 aromatic heterocycles. The lowest BCUT2D eigenvalue weighted by atomic mass is 10.1. The molecule has 2 aromatic rings. The third kappa shape index (κ3) is 5.41. The number of nitrogens with one attached hydrogen (secondary N) is 1. The first-order valence-corrected chi connectivity index (χ1v) is 10.6. The van der Waals surface area contributed by atoms with Crippen molar-refractivity contribution < 1.29 is 32.2 Å². The van der Waals surface area contributed by atoms with Gasteiger partial charge in [0.1, 0.15) is 6.54 Å². The normalized spacial score (nSPS) is 10.8. The van der Waals surface area contributed by atoms with Gasteiger partial charge < -0.3 is 19.5 Å². The van der Waals surface area contributed by atoms with Crippen molar-refractivity contribution >= 4 is 33.3 Å². The summed E-state index contributed by atoms with van der Waals surface area (Å²) >= 11 is 0. The minimum absolute atomic E-state index is 0.241. The highest BCUT2D eigenvalue weighted by Gasteiger charge is 2.23. The number of benzene rings is 2. The fourth-order valence-electron chi connectivity index (χ4n) is 2.70. The third-order valence-corrected chi connectivity index (χ3v) is 5.42. The van der Waals surface area contributed by atoms with E-state index in [1.165, 1.54) is 39.5 Å². The smallest absolute Gasteiger partial charge is 0.337 e. The topological polar surface area (TPSA) is 111 Å². The number of amides is 1. The maximum atomic E-state index is 12.6. The summed E-state index contributed by atoms with van der Waals surface area (Å²) < 4.78 is 40.7. The molecule has 0 atom stereocenters. The van der Waals surface area contributed by atoms with Gasteiger partial charge in [0.05, 0.1) is 38.8 Å². The molecule has 2 rings (SSSR count). The van der Waals surface area contributed by atoms with Crippen molar-refractivity contribution in [3.05, 3.63) is 47.5 Å². The molecule has 162 valence electrons. The van der Waals surface area contributed by atoms with Crippen molar-refractivity contribution in [2.24, 2.45) is 0 Å². The molecular formula is C20H24N2O7S. The molecule has 0 spiro atoms. The standard InChI is InChI=1S/C20H24N2O7S/c1-13-6-7-14(20(24)29-4)10-16(13)21-19(23)12-22(30(5,25)26)15-8-9-17(27-2)18(11-15)28-3/h6-11H,12H2,1-5H3,(H,21,23). The van der Waals surface area contributed by atoms with Gasteiger partial charge in [0.15, 0.2) is 11.5 Å². The van der Waals surface area contributed by atoms with Crippen LogP contribution in [-0.4, -0.2) is 54.4 Å². The fourth-order valence-corrected chi connectivity index (χ4v) is 3.55. The Labute approximate surface area is 175 Å². The SMILES string of the molecule is COC(=O)c1ccc(C)c(NC(=O)CN(c2ccc(OC)c(OC)c2)S(C)(=O)=O)c1. The quantitative estimate of drug-likeness (QED) is 0.632. The van der Waals surface area contributed by atoms with Gasteiger partial charge in [0, 0.05) is 11.8 Å². The predicted octanol–water partition coefficient (Wildman–Crippen LogP) is 2.20. The van der Waals surface area contributed by atoms with Crippen LogP contribution in [0.25, 0.3) is 0 Å². The third-order valence-electron chi connectivity index (χ3n) is 4.28. The van der Waals surface area contributed by atoms with Crippen LogP contribution in [0.5, 0.6) is 11.5 Å². The van der Waals surface area contributed by atoms with Crippen LogP contribution in [0.4, 0.5) is 11.4 Å². The molecule has 0 fully saturated rings. The lowest BCUT2D eigenvalue weighted by Gasteiger charge is -2.23. The Hall–Kier alpha value is -3.27. The van der Waals surface area contributed by atoms with Gasteiger partial charge in [-0.2, -0.15) is 0 Å². The van der Waals surface area contributed by atoms with Crippen LogP contribution in [-0.2, 0) is 19.6 Å². The lowest BCUT2D eigenvalue weighted by molar-refractivity contribution is -0.114. The number of sulfonamides is 1. The Morgan fingerprint density at radius 1 is 1.00 bits per heavy atom. The number of hydrogen-bond donors (Lipinski definition) is 1. The Balaban J connectivity index is 2.31. The van der Waals surface area contributed by atoms with Gasteiger partial charge in [-0.25, -0.2) is 13.2 Å². The maximum Gasteiger partial charge on any atom is 0.337 e. The largest absolute Gasteiger partial charge is 0.493 e. The van der Waals surface area contributed by atoms with E-state index in [1.807, 2.05) is 0 Å². The van der Waals surface area contributed by atoms with Crippen LogP contribution in [0.3, 0.4) is 0 Å². The molecule has 0 aliphatic heterocycles. The highest BCUT2D eigenvalue weighted by Crippen LogP contribution is 2.32. The number of carbonyl (C=O) groups is 2. The monoisotopic (exact) mass is 436 g/mol. The van der Waals surface area contributed by atoms with Crippen molar-refractivity contribution in [2.75, 3.05) is 43.8 Å². The summed E-state index contributed by atoms with van der Waals surface area (Å²) in [5, 5.41) is 2.64. The van der Waals surface area contributed by atoms with E-state index in [2.05, 4.69) is 10.1 Å². The number of carbonyl (C=O) groups excluding carboxylic acids is 2. The number of nitrogens with zero attached hydrogens (tertiary/aromatic N) is 1. The summed E-state index contributed by atoms with van der Waals surface area (Å²) in [6, 6.07) is 9.23. The Morgan fingerprint density at radius 2 is 1.67 bits per heavy atom. The number of methoxy groups -OCH3 is 3. The molecule has 0 unspecified atom stereocenters. The van der Waals surface area contributed by atoms with E-state index in [0.717, 1.165) is 10.6 Å². The van der Waals surface area contributed by atoms with Crippen LogP contribution in [0.2, 0.25) is 0 Å². The van der Waals surface area contributed by atoms with E-state index in [1.54, 1.807) is 25.1 Å². The zero-order chi connectivity index (χ0) is 22.5. The minimum atomic E-state index is -3.78. The Kier molecular flexibility index (Phi) is 7.28. The maximum absolute atomic E-state index is 12.6. The first kappa shape index (κ1) is 23.0. The molecule has 1 N–H and O–H groups in total. The van der Waals surface area contributed by atoms with Gasteiger partial charge in [0.2, 0.25) is 15.9 Å². The summed E-state index contributed by atoms with van der Waals surface area (Å²) in [5.41, 5.74) is 1.58. The zero-order valence-corrected chi connectivity index (χ0v) is 18.2. The molecule has 10 heteroatoms. The van der Waals surface area contributed by atoms with Gasteiger partial charge in [-0.05, 0) is 36.8 Å². The number of anilines is 2. The van der Waals surface area contributed by atoms with Crippen LogP contribution < -0.4 is 19.1 Å². The summed E-state index contributed by atoms with van der Waals surface area (Å²) in [5.74, 6) is -0.381. The summed E-state index contributed by atoms with van der Waals surface area (Å²) in [7, 11) is 0.363. The van der Waals surface area contributed by atoms with Gasteiger partial charge in [0.25, 0.3) is 0 Å². The number of ether oxygens (including phenoxy) is 3. The minimum Gasteiger partial charge on any atom is -0.493 e. The van der Waals surface area contributed by atoms with E-state index < -0.39 is 28.4 Å². The summed E-state index contributed by atoms with van der Waals surface area (Å²) in [6.45, 7) is 1.27. The summed E-state index contributed by atoms with van der Waals surface area (Å²) in [6.07, 6.45) is 1.00. The van der Waals surface area contributed by atoms with Crippen molar-refractivity contribution in [1.82, 2.24) is 0 Å². The molecule has 9 nitrogen and oxygen atoms in total. The number of rotatable bonds is 8. The Bertz CT molecular complexity index is 1050. The molecule has 30 heavy (non-hydrogen) atoms. The number of esters is 1. The van der Waals surface area contributed by atoms with Crippen LogP contribution in [0.1, 0.15) is 15.9 Å². The molecule has 0 bridgehead atoms. The summed E-state index contributed by atoms with van der Waals surface area (Å²) in [4.78, 5) is 24.4. The first-order chi connectivity index (χ1) is 14.1. The molecule has 0 aliphatic carbocycles. The van der Waals surface area contributed by atoms with E-state index in [9.17, 15) is 18.0 Å². The van der Waals surface area contributed by atoms with Crippen LogP contribution in [0.15, 0.2) is 36.4 Å². The average Bonchev–Trinajstić information content (AvgIpc) is 2.71. The molecule has 1 amide bonds.